The molecule has 0 amide bonds. The van der Waals surface area contributed by atoms with Gasteiger partial charge in [-0.3, -0.25) is 9.13 Å². The molecule has 1 atom stereocenters. The number of nitrogens with zero attached hydrogens (tertiary/aromatic N) is 2. The number of aliphatic hydroxyl groups excluding tert-OH is 1. The average molecular weight is 300 g/mol. The fourth-order valence-electron chi connectivity index (χ4n) is 2.79. The van der Waals surface area contributed by atoms with Crippen LogP contribution in [0.2, 0.25) is 0 Å². The van der Waals surface area contributed by atoms with Gasteiger partial charge in [-0.15, -0.1) is 0 Å². The van der Waals surface area contributed by atoms with Gasteiger partial charge in [-0.05, 0) is 47.9 Å². The molecule has 22 heavy (non-hydrogen) atoms. The molecule has 1 heterocycles. The van der Waals surface area contributed by atoms with Crippen molar-refractivity contribution in [2.45, 2.75) is 13.0 Å². The summed E-state index contributed by atoms with van der Waals surface area (Å²) in [4.78, 5) is 12.0. The molecule has 0 saturated carbocycles. The summed E-state index contributed by atoms with van der Waals surface area (Å²) >= 11 is 0. The van der Waals surface area contributed by atoms with Gasteiger partial charge < -0.3 is 5.11 Å². The monoisotopic (exact) mass is 300 g/mol. The normalized spacial score (nSPS) is 12.8. The Labute approximate surface area is 127 Å². The number of hydrogen-bond donors (Lipinski definition) is 1. The number of aryl methyl sites for hydroxylation is 3. The van der Waals surface area contributed by atoms with Crippen LogP contribution in [0.15, 0.2) is 41.2 Å². The minimum Gasteiger partial charge on any atom is -0.384 e. The standard InChI is InChI=1S/C17H17FN2O2/c1-10-8-14-15(20(3)17(22)19(14)2)9-13(10)16(21)11-4-6-12(18)7-5-11/h4-9,16,21H,1-3H3. The molecule has 1 N–H and O–H groups in total. The van der Waals surface area contributed by atoms with Crippen molar-refractivity contribution in [2.75, 3.05) is 0 Å². The van der Waals surface area contributed by atoms with Gasteiger partial charge in [0.15, 0.2) is 0 Å². The second kappa shape index (κ2) is 5.10. The van der Waals surface area contributed by atoms with Crippen molar-refractivity contribution < 1.29 is 9.50 Å². The summed E-state index contributed by atoms with van der Waals surface area (Å²) < 4.78 is 16.1. The van der Waals surface area contributed by atoms with Gasteiger partial charge in [0.25, 0.3) is 0 Å². The molecule has 0 aliphatic heterocycles. The van der Waals surface area contributed by atoms with E-state index in [1.807, 2.05) is 19.1 Å². The number of halogens is 1. The quantitative estimate of drug-likeness (QED) is 0.790. The summed E-state index contributed by atoms with van der Waals surface area (Å²) in [7, 11) is 3.42. The van der Waals surface area contributed by atoms with E-state index in [9.17, 15) is 14.3 Å². The smallest absolute Gasteiger partial charge is 0.328 e. The lowest BCUT2D eigenvalue weighted by Crippen LogP contribution is -2.19. The molecular formula is C17H17FN2O2. The van der Waals surface area contributed by atoms with Gasteiger partial charge in [0, 0.05) is 14.1 Å². The molecule has 114 valence electrons. The molecule has 0 bridgehead atoms. The van der Waals surface area contributed by atoms with Crippen molar-refractivity contribution >= 4 is 11.0 Å². The van der Waals surface area contributed by atoms with Gasteiger partial charge in [-0.25, -0.2) is 9.18 Å². The first-order chi connectivity index (χ1) is 10.4. The van der Waals surface area contributed by atoms with Crippen molar-refractivity contribution in [2.24, 2.45) is 14.1 Å². The van der Waals surface area contributed by atoms with Crippen LogP contribution in [0.25, 0.3) is 11.0 Å². The highest BCUT2D eigenvalue weighted by Gasteiger charge is 2.17. The minimum atomic E-state index is -0.861. The van der Waals surface area contributed by atoms with E-state index in [4.69, 9.17) is 0 Å². The van der Waals surface area contributed by atoms with Gasteiger partial charge in [-0.2, -0.15) is 0 Å². The van der Waals surface area contributed by atoms with E-state index in [0.717, 1.165) is 16.6 Å². The summed E-state index contributed by atoms with van der Waals surface area (Å²) in [5.41, 5.74) is 3.67. The zero-order chi connectivity index (χ0) is 16.0. The molecule has 0 fully saturated rings. The maximum absolute atomic E-state index is 13.0. The lowest BCUT2D eigenvalue weighted by molar-refractivity contribution is 0.219. The molecule has 5 heteroatoms. The zero-order valence-corrected chi connectivity index (χ0v) is 12.7. The van der Waals surface area contributed by atoms with Gasteiger partial charge >= 0.3 is 5.69 Å². The van der Waals surface area contributed by atoms with Gasteiger partial charge in [0.1, 0.15) is 11.9 Å². The number of aromatic nitrogens is 2. The Morgan fingerprint density at radius 3 is 2.18 bits per heavy atom. The first-order valence-corrected chi connectivity index (χ1v) is 6.99. The molecule has 4 nitrogen and oxygen atoms in total. The molecular weight excluding hydrogens is 283 g/mol. The van der Waals surface area contributed by atoms with Crippen molar-refractivity contribution in [3.63, 3.8) is 0 Å². The predicted octanol–water partition coefficient (Wildman–Crippen LogP) is 2.41. The molecule has 0 aliphatic rings. The van der Waals surface area contributed by atoms with E-state index in [1.165, 1.54) is 12.1 Å². The van der Waals surface area contributed by atoms with Gasteiger partial charge in [-0.1, -0.05) is 12.1 Å². The lowest BCUT2D eigenvalue weighted by Gasteiger charge is -2.15. The molecule has 0 radical (unpaired) electrons. The van der Waals surface area contributed by atoms with Crippen molar-refractivity contribution in [3.05, 3.63) is 69.4 Å². The lowest BCUT2D eigenvalue weighted by atomic mass is 9.97. The van der Waals surface area contributed by atoms with Crippen LogP contribution in [-0.2, 0) is 14.1 Å². The summed E-state index contributed by atoms with van der Waals surface area (Å²) in [6, 6.07) is 9.48. The van der Waals surface area contributed by atoms with E-state index in [1.54, 1.807) is 35.4 Å². The van der Waals surface area contributed by atoms with E-state index < -0.39 is 6.10 Å². The Bertz CT molecular complexity index is 907. The fourth-order valence-corrected chi connectivity index (χ4v) is 2.79. The number of hydrogen-bond acceptors (Lipinski definition) is 2. The molecule has 0 saturated heterocycles. The molecule has 1 unspecified atom stereocenters. The Morgan fingerprint density at radius 2 is 1.59 bits per heavy atom. The third-order valence-electron chi connectivity index (χ3n) is 4.14. The zero-order valence-electron chi connectivity index (χ0n) is 12.7. The maximum Gasteiger partial charge on any atom is 0.328 e. The molecule has 0 spiro atoms. The highest BCUT2D eigenvalue weighted by Crippen LogP contribution is 2.28. The highest BCUT2D eigenvalue weighted by atomic mass is 19.1. The van der Waals surface area contributed by atoms with Crippen molar-refractivity contribution in [3.8, 4) is 0 Å². The third kappa shape index (κ3) is 2.14. The van der Waals surface area contributed by atoms with Crippen LogP contribution in [0.5, 0.6) is 0 Å². The highest BCUT2D eigenvalue weighted by molar-refractivity contribution is 5.78. The van der Waals surface area contributed by atoms with E-state index in [-0.39, 0.29) is 11.5 Å². The summed E-state index contributed by atoms with van der Waals surface area (Å²) in [5.74, 6) is -0.339. The second-order valence-corrected chi connectivity index (χ2v) is 5.55. The summed E-state index contributed by atoms with van der Waals surface area (Å²) in [5, 5.41) is 10.6. The van der Waals surface area contributed by atoms with Crippen LogP contribution in [0.1, 0.15) is 22.8 Å². The second-order valence-electron chi connectivity index (χ2n) is 5.55. The molecule has 0 aliphatic carbocycles. The summed E-state index contributed by atoms with van der Waals surface area (Å²) in [6.07, 6.45) is -0.861. The Hall–Kier alpha value is -2.40. The van der Waals surface area contributed by atoms with Gasteiger partial charge in [0.05, 0.1) is 11.0 Å². The summed E-state index contributed by atoms with van der Waals surface area (Å²) in [6.45, 7) is 1.89. The van der Waals surface area contributed by atoms with Crippen LogP contribution in [0, 0.1) is 12.7 Å². The Balaban J connectivity index is 2.18. The molecule has 3 rings (SSSR count). The van der Waals surface area contributed by atoms with E-state index in [0.29, 0.717) is 11.1 Å². The van der Waals surface area contributed by atoms with E-state index in [2.05, 4.69) is 0 Å². The van der Waals surface area contributed by atoms with Crippen LogP contribution in [0.4, 0.5) is 4.39 Å². The fraction of sp³-hybridized carbons (Fsp3) is 0.235. The van der Waals surface area contributed by atoms with Gasteiger partial charge in [0.2, 0.25) is 0 Å². The van der Waals surface area contributed by atoms with Crippen LogP contribution >= 0.6 is 0 Å². The number of imidazole rings is 1. The van der Waals surface area contributed by atoms with Crippen LogP contribution in [-0.4, -0.2) is 14.2 Å². The van der Waals surface area contributed by atoms with Crippen molar-refractivity contribution in [1.82, 2.24) is 9.13 Å². The average Bonchev–Trinajstić information content (AvgIpc) is 2.71. The minimum absolute atomic E-state index is 0.108. The first kappa shape index (κ1) is 14.5. The Kier molecular flexibility index (Phi) is 3.37. The molecule has 2 aromatic carbocycles. The SMILES string of the molecule is Cc1cc2c(cc1C(O)c1ccc(F)cc1)n(C)c(=O)n2C. The van der Waals surface area contributed by atoms with Crippen molar-refractivity contribution in [1.29, 1.82) is 0 Å². The number of fused-ring (bicyclic) bond motifs is 1. The molecule has 1 aromatic heterocycles. The first-order valence-electron chi connectivity index (χ1n) is 6.99. The number of benzene rings is 2. The number of rotatable bonds is 2. The maximum atomic E-state index is 13.0. The van der Waals surface area contributed by atoms with Crippen LogP contribution < -0.4 is 5.69 Å². The third-order valence-corrected chi connectivity index (χ3v) is 4.14. The number of aliphatic hydroxyl groups is 1. The largest absolute Gasteiger partial charge is 0.384 e. The predicted molar refractivity (Wildman–Crippen MR) is 83.4 cm³/mol. The topological polar surface area (TPSA) is 47.2 Å². The Morgan fingerprint density at radius 1 is 1.05 bits per heavy atom. The molecule has 3 aromatic rings. The van der Waals surface area contributed by atoms with E-state index >= 15 is 0 Å². The van der Waals surface area contributed by atoms with Crippen LogP contribution in [0.3, 0.4) is 0 Å².